The molecule has 3 rings (SSSR count). The van der Waals surface area contributed by atoms with Crippen LogP contribution >= 0.6 is 0 Å². The highest BCUT2D eigenvalue weighted by Gasteiger charge is 2.29. The quantitative estimate of drug-likeness (QED) is 0.881. The first-order chi connectivity index (χ1) is 11.1. The lowest BCUT2D eigenvalue weighted by Gasteiger charge is -2.39. The lowest BCUT2D eigenvalue weighted by molar-refractivity contribution is 0.106. The van der Waals surface area contributed by atoms with Crippen molar-refractivity contribution in [2.24, 2.45) is 10.9 Å². The molecular formula is C16H24N4O2S. The van der Waals surface area contributed by atoms with Gasteiger partial charge in [-0.3, -0.25) is 4.90 Å². The predicted molar refractivity (Wildman–Crippen MR) is 90.3 cm³/mol. The number of aliphatic imine (C=N–C) groups is 1. The first-order valence-electron chi connectivity index (χ1n) is 8.16. The number of nitrogens with one attached hydrogen (secondary N) is 2. The van der Waals surface area contributed by atoms with Gasteiger partial charge in [0.2, 0.25) is 5.96 Å². The van der Waals surface area contributed by atoms with Crippen molar-refractivity contribution in [2.75, 3.05) is 13.3 Å². The van der Waals surface area contributed by atoms with Crippen LogP contribution in [0, 0.1) is 5.92 Å². The summed E-state index contributed by atoms with van der Waals surface area (Å²) >= 11 is 0. The number of hydrogen-bond donors (Lipinski definition) is 2. The first kappa shape index (κ1) is 16.3. The van der Waals surface area contributed by atoms with Gasteiger partial charge in [0.25, 0.3) is 10.0 Å². The Balaban J connectivity index is 1.63. The van der Waals surface area contributed by atoms with E-state index in [4.69, 9.17) is 0 Å². The number of sulfonamides is 1. The van der Waals surface area contributed by atoms with E-state index in [1.807, 2.05) is 0 Å². The highest BCUT2D eigenvalue weighted by atomic mass is 32.2. The molecule has 0 bridgehead atoms. The number of rotatable bonds is 3. The maximum atomic E-state index is 12.3. The summed E-state index contributed by atoms with van der Waals surface area (Å²) in [6.45, 7) is 3.46. The molecule has 0 saturated heterocycles. The lowest BCUT2D eigenvalue weighted by atomic mass is 9.85. The average Bonchev–Trinajstić information content (AvgIpc) is 2.57. The van der Waals surface area contributed by atoms with Gasteiger partial charge in [0.15, 0.2) is 0 Å². The molecule has 2 aliphatic rings. The molecule has 1 saturated carbocycles. The lowest BCUT2D eigenvalue weighted by Crippen LogP contribution is -2.54. The van der Waals surface area contributed by atoms with Crippen molar-refractivity contribution in [3.05, 3.63) is 30.3 Å². The summed E-state index contributed by atoms with van der Waals surface area (Å²) in [6, 6.07) is 8.88. The van der Waals surface area contributed by atoms with Crippen LogP contribution in [0.2, 0.25) is 0 Å². The Hall–Kier alpha value is -1.60. The molecule has 126 valence electrons. The molecule has 0 unspecified atom stereocenters. The van der Waals surface area contributed by atoms with Crippen molar-refractivity contribution < 1.29 is 8.42 Å². The largest absolute Gasteiger partial charge is 0.343 e. The van der Waals surface area contributed by atoms with E-state index in [2.05, 4.69) is 26.9 Å². The molecule has 1 fully saturated rings. The van der Waals surface area contributed by atoms with Crippen LogP contribution in [-0.2, 0) is 10.0 Å². The van der Waals surface area contributed by atoms with E-state index in [9.17, 15) is 8.42 Å². The molecule has 0 amide bonds. The fourth-order valence-electron chi connectivity index (χ4n) is 3.36. The van der Waals surface area contributed by atoms with E-state index in [1.54, 1.807) is 30.3 Å². The Bertz CT molecular complexity index is 660. The van der Waals surface area contributed by atoms with Crippen LogP contribution in [0.15, 0.2) is 40.2 Å². The topological polar surface area (TPSA) is 73.8 Å². The molecule has 2 atom stereocenters. The first-order valence-corrected chi connectivity index (χ1v) is 9.65. The van der Waals surface area contributed by atoms with Crippen LogP contribution in [0.1, 0.15) is 32.6 Å². The minimum absolute atomic E-state index is 0.243. The summed E-state index contributed by atoms with van der Waals surface area (Å²) in [5.74, 6) is 0.997. The molecule has 6 nitrogen and oxygen atoms in total. The minimum Gasteiger partial charge on any atom is -0.343 e. The van der Waals surface area contributed by atoms with Gasteiger partial charge in [-0.05, 0) is 30.9 Å². The molecule has 0 radical (unpaired) electrons. The van der Waals surface area contributed by atoms with Gasteiger partial charge in [0.1, 0.15) is 0 Å². The minimum atomic E-state index is -3.57. The Kier molecular flexibility index (Phi) is 4.87. The summed E-state index contributed by atoms with van der Waals surface area (Å²) in [5, 5.41) is 3.10. The van der Waals surface area contributed by atoms with E-state index >= 15 is 0 Å². The van der Waals surface area contributed by atoms with Crippen LogP contribution in [0.4, 0.5) is 0 Å². The number of hydrogen-bond acceptors (Lipinski definition) is 5. The van der Waals surface area contributed by atoms with Crippen LogP contribution in [-0.4, -0.2) is 38.7 Å². The molecule has 1 aromatic carbocycles. The van der Waals surface area contributed by atoms with Gasteiger partial charge in [-0.25, -0.2) is 18.1 Å². The average molecular weight is 336 g/mol. The molecule has 0 spiro atoms. The third-order valence-corrected chi connectivity index (χ3v) is 6.03. The van der Waals surface area contributed by atoms with Gasteiger partial charge < -0.3 is 5.32 Å². The summed E-state index contributed by atoms with van der Waals surface area (Å²) in [6.07, 6.45) is 5.04. The van der Waals surface area contributed by atoms with Gasteiger partial charge >= 0.3 is 0 Å². The molecule has 1 aliphatic carbocycles. The normalized spacial score (nSPS) is 26.2. The highest BCUT2D eigenvalue weighted by Crippen LogP contribution is 2.28. The molecule has 1 aliphatic heterocycles. The zero-order chi connectivity index (χ0) is 16.3. The molecule has 1 heterocycles. The second-order valence-corrected chi connectivity index (χ2v) is 8.00. The zero-order valence-corrected chi connectivity index (χ0v) is 14.2. The van der Waals surface area contributed by atoms with E-state index in [1.165, 1.54) is 25.7 Å². The fraction of sp³-hybridized carbons (Fsp3) is 0.562. The van der Waals surface area contributed by atoms with Gasteiger partial charge in [-0.15, -0.1) is 0 Å². The Morgan fingerprint density at radius 2 is 1.96 bits per heavy atom. The number of guanidine groups is 1. The Morgan fingerprint density at radius 1 is 1.22 bits per heavy atom. The van der Waals surface area contributed by atoms with Gasteiger partial charge in [-0.2, -0.15) is 0 Å². The van der Waals surface area contributed by atoms with Crippen molar-refractivity contribution in [1.82, 2.24) is 14.9 Å². The van der Waals surface area contributed by atoms with E-state index in [0.29, 0.717) is 31.3 Å². The summed E-state index contributed by atoms with van der Waals surface area (Å²) < 4.78 is 27.1. The van der Waals surface area contributed by atoms with Crippen LogP contribution in [0.5, 0.6) is 0 Å². The second-order valence-electron chi connectivity index (χ2n) is 6.32. The predicted octanol–water partition coefficient (Wildman–Crippen LogP) is 1.72. The summed E-state index contributed by atoms with van der Waals surface area (Å²) in [4.78, 5) is 6.91. The van der Waals surface area contributed by atoms with E-state index in [-0.39, 0.29) is 4.90 Å². The molecular weight excluding hydrogens is 312 g/mol. The second kappa shape index (κ2) is 6.88. The molecule has 0 aromatic heterocycles. The fourth-order valence-corrected chi connectivity index (χ4v) is 4.38. The van der Waals surface area contributed by atoms with Crippen molar-refractivity contribution in [2.45, 2.75) is 43.5 Å². The van der Waals surface area contributed by atoms with Crippen molar-refractivity contribution in [3.63, 3.8) is 0 Å². The van der Waals surface area contributed by atoms with Gasteiger partial charge in [-0.1, -0.05) is 38.0 Å². The highest BCUT2D eigenvalue weighted by molar-refractivity contribution is 7.90. The van der Waals surface area contributed by atoms with Crippen LogP contribution in [0.25, 0.3) is 0 Å². The van der Waals surface area contributed by atoms with Crippen molar-refractivity contribution in [3.8, 4) is 0 Å². The molecule has 7 heteroatoms. The smallest absolute Gasteiger partial charge is 0.264 e. The molecule has 23 heavy (non-hydrogen) atoms. The third-order valence-electron chi connectivity index (χ3n) is 4.68. The van der Waals surface area contributed by atoms with Crippen LogP contribution < -0.4 is 10.0 Å². The SMILES string of the molecule is C[C@H]1CCCC[C@@H]1N1CN=C(NS(=O)(=O)c2ccccc2)NC1. The number of nitrogens with zero attached hydrogens (tertiary/aromatic N) is 2. The van der Waals surface area contributed by atoms with E-state index in [0.717, 1.165) is 0 Å². The van der Waals surface area contributed by atoms with Gasteiger partial charge in [0, 0.05) is 6.04 Å². The Morgan fingerprint density at radius 3 is 2.61 bits per heavy atom. The van der Waals surface area contributed by atoms with Crippen molar-refractivity contribution >= 4 is 16.0 Å². The van der Waals surface area contributed by atoms with Crippen molar-refractivity contribution in [1.29, 1.82) is 0 Å². The molecule has 1 aromatic rings. The maximum absolute atomic E-state index is 12.3. The number of benzene rings is 1. The third kappa shape index (κ3) is 3.84. The van der Waals surface area contributed by atoms with Gasteiger partial charge in [0.05, 0.1) is 18.2 Å². The summed E-state index contributed by atoms with van der Waals surface area (Å²) in [7, 11) is -3.57. The summed E-state index contributed by atoms with van der Waals surface area (Å²) in [5.41, 5.74) is 0. The Labute approximate surface area is 138 Å². The standard InChI is InChI=1S/C16H24N4O2S/c1-13-7-5-6-10-15(13)20-11-17-16(18-12-20)19-23(21,22)14-8-3-2-4-9-14/h2-4,8-9,13,15H,5-7,10-12H2,1H3,(H2,17,18,19)/t13-,15-/m0/s1. The van der Waals surface area contributed by atoms with Crippen LogP contribution in [0.3, 0.4) is 0 Å². The zero-order valence-electron chi connectivity index (χ0n) is 13.4. The molecule has 2 N–H and O–H groups in total. The van der Waals surface area contributed by atoms with E-state index < -0.39 is 10.0 Å². The monoisotopic (exact) mass is 336 g/mol. The maximum Gasteiger partial charge on any atom is 0.264 e.